The van der Waals surface area contributed by atoms with Crippen LogP contribution < -0.4 is 10.6 Å². The molecule has 2 N–H and O–H groups in total. The molecule has 9 heteroatoms. The van der Waals surface area contributed by atoms with Crippen LogP contribution in [0.1, 0.15) is 50.6 Å². The Hall–Kier alpha value is -3.62. The van der Waals surface area contributed by atoms with Gasteiger partial charge in [0.2, 0.25) is 5.91 Å². The highest BCUT2D eigenvalue weighted by molar-refractivity contribution is 6.30. The molecule has 2 amide bonds. The van der Waals surface area contributed by atoms with Crippen LogP contribution in [0.5, 0.6) is 0 Å². The van der Waals surface area contributed by atoms with Crippen molar-refractivity contribution in [1.82, 2.24) is 5.32 Å². The number of benzene rings is 2. The third kappa shape index (κ3) is 5.55. The highest BCUT2D eigenvalue weighted by atomic mass is 35.5. The molecule has 4 rings (SSSR count). The molecular weight excluding hydrogens is 472 g/mol. The van der Waals surface area contributed by atoms with Gasteiger partial charge >= 0.3 is 5.97 Å². The lowest BCUT2D eigenvalue weighted by Crippen LogP contribution is -2.28. The molecule has 0 unspecified atom stereocenters. The molecule has 1 saturated carbocycles. The van der Waals surface area contributed by atoms with Crippen LogP contribution >= 0.6 is 11.6 Å². The van der Waals surface area contributed by atoms with Gasteiger partial charge in [-0.1, -0.05) is 23.7 Å². The van der Waals surface area contributed by atoms with Gasteiger partial charge in [-0.05, 0) is 66.4 Å². The van der Waals surface area contributed by atoms with Crippen molar-refractivity contribution in [3.05, 3.63) is 87.8 Å². The summed E-state index contributed by atoms with van der Waals surface area (Å²) < 4.78 is 15.3. The van der Waals surface area contributed by atoms with Crippen LogP contribution in [0.3, 0.4) is 0 Å². The number of amides is 2. The number of furan rings is 1. The lowest BCUT2D eigenvalue weighted by atomic mass is 9.95. The summed E-state index contributed by atoms with van der Waals surface area (Å²) in [5.74, 6) is -0.458. The monoisotopic (exact) mass is 496 g/mol. The van der Waals surface area contributed by atoms with E-state index < -0.39 is 17.3 Å². The second-order valence-electron chi connectivity index (χ2n) is 8.33. The third-order valence-electron chi connectivity index (χ3n) is 5.88. The van der Waals surface area contributed by atoms with Crippen molar-refractivity contribution in [3.63, 3.8) is 0 Å². The maximum absolute atomic E-state index is 13.2. The van der Waals surface area contributed by atoms with Crippen LogP contribution in [0.25, 0.3) is 0 Å². The lowest BCUT2D eigenvalue weighted by Gasteiger charge is -2.17. The van der Waals surface area contributed by atoms with Gasteiger partial charge < -0.3 is 24.5 Å². The number of hydrogen-bond acceptors (Lipinski definition) is 6. The van der Waals surface area contributed by atoms with E-state index in [1.165, 1.54) is 14.2 Å². The zero-order chi connectivity index (χ0) is 25.0. The smallest absolute Gasteiger partial charge is 0.337 e. The first kappa shape index (κ1) is 24.5. The van der Waals surface area contributed by atoms with Crippen molar-refractivity contribution in [2.75, 3.05) is 19.5 Å². The van der Waals surface area contributed by atoms with E-state index in [9.17, 15) is 14.4 Å². The van der Waals surface area contributed by atoms with Crippen molar-refractivity contribution < 1.29 is 28.3 Å². The van der Waals surface area contributed by atoms with Crippen LogP contribution in [0, 0.1) is 0 Å². The fourth-order valence-corrected chi connectivity index (χ4v) is 4.01. The van der Waals surface area contributed by atoms with Gasteiger partial charge in [0.05, 0.1) is 18.1 Å². The molecule has 0 spiro atoms. The molecule has 1 aliphatic carbocycles. The first-order chi connectivity index (χ1) is 16.8. The van der Waals surface area contributed by atoms with E-state index in [1.54, 1.807) is 42.5 Å². The SMILES string of the molecule is COCc1ccc(C(=O)NCc2cc(NC(=O)C3(c4ccc(Cl)cc4)CC3)cc(C(=O)OC)c2)o1. The molecule has 0 saturated heterocycles. The topological polar surface area (TPSA) is 107 Å². The van der Waals surface area contributed by atoms with E-state index in [2.05, 4.69) is 10.6 Å². The van der Waals surface area contributed by atoms with Crippen LogP contribution in [-0.2, 0) is 32.8 Å². The first-order valence-corrected chi connectivity index (χ1v) is 11.4. The van der Waals surface area contributed by atoms with E-state index in [4.69, 9.17) is 25.5 Å². The van der Waals surface area contributed by atoms with E-state index >= 15 is 0 Å². The highest BCUT2D eigenvalue weighted by Gasteiger charge is 2.51. The summed E-state index contributed by atoms with van der Waals surface area (Å²) in [7, 11) is 2.82. The number of carbonyl (C=O) groups is 3. The van der Waals surface area contributed by atoms with Crippen LogP contribution in [0.15, 0.2) is 59.0 Å². The van der Waals surface area contributed by atoms with E-state index in [-0.39, 0.29) is 30.4 Å². The predicted octanol–water partition coefficient (Wildman–Crippen LogP) is 4.47. The summed E-state index contributed by atoms with van der Waals surface area (Å²) in [5, 5.41) is 6.29. The number of carbonyl (C=O) groups excluding carboxylic acids is 3. The zero-order valence-corrected chi connectivity index (χ0v) is 20.1. The number of rotatable bonds is 9. The van der Waals surface area contributed by atoms with Gasteiger partial charge in [0, 0.05) is 24.4 Å². The molecule has 0 atom stereocenters. The molecule has 1 heterocycles. The molecule has 35 heavy (non-hydrogen) atoms. The summed E-state index contributed by atoms with van der Waals surface area (Å²) in [4.78, 5) is 37.9. The molecule has 0 aliphatic heterocycles. The Morgan fingerprint density at radius 1 is 1.03 bits per heavy atom. The molecule has 182 valence electrons. The normalized spacial score (nSPS) is 13.7. The maximum atomic E-state index is 13.2. The van der Waals surface area contributed by atoms with E-state index in [0.717, 1.165) is 5.56 Å². The fourth-order valence-electron chi connectivity index (χ4n) is 3.88. The lowest BCUT2D eigenvalue weighted by molar-refractivity contribution is -0.118. The van der Waals surface area contributed by atoms with Crippen molar-refractivity contribution in [2.45, 2.75) is 31.4 Å². The number of anilines is 1. The van der Waals surface area contributed by atoms with Gasteiger partial charge in [-0.25, -0.2) is 4.79 Å². The molecule has 1 aromatic heterocycles. The second kappa shape index (κ2) is 10.3. The molecule has 3 aromatic rings. The Morgan fingerprint density at radius 3 is 2.43 bits per heavy atom. The van der Waals surface area contributed by atoms with Gasteiger partial charge in [0.15, 0.2) is 5.76 Å². The summed E-state index contributed by atoms with van der Waals surface area (Å²) in [6.45, 7) is 0.365. The number of hydrogen-bond donors (Lipinski definition) is 2. The summed E-state index contributed by atoms with van der Waals surface area (Å²) in [5.41, 5.74) is 1.56. The number of methoxy groups -OCH3 is 2. The van der Waals surface area contributed by atoms with Crippen molar-refractivity contribution in [2.24, 2.45) is 0 Å². The molecule has 2 aromatic carbocycles. The number of nitrogens with one attached hydrogen (secondary N) is 2. The third-order valence-corrected chi connectivity index (χ3v) is 6.13. The minimum absolute atomic E-state index is 0.106. The summed E-state index contributed by atoms with van der Waals surface area (Å²) in [6.07, 6.45) is 1.43. The fraction of sp³-hybridized carbons (Fsp3) is 0.269. The Labute approximate surface area is 207 Å². The number of esters is 1. The van der Waals surface area contributed by atoms with Gasteiger partial charge in [0.25, 0.3) is 5.91 Å². The average molecular weight is 497 g/mol. The number of halogens is 1. The highest BCUT2D eigenvalue weighted by Crippen LogP contribution is 2.49. The summed E-state index contributed by atoms with van der Waals surface area (Å²) >= 11 is 5.99. The largest absolute Gasteiger partial charge is 0.465 e. The maximum Gasteiger partial charge on any atom is 0.337 e. The Bertz CT molecular complexity index is 1250. The van der Waals surface area contributed by atoms with Crippen LogP contribution in [0.4, 0.5) is 5.69 Å². The van der Waals surface area contributed by atoms with Crippen molar-refractivity contribution >= 4 is 35.1 Å². The van der Waals surface area contributed by atoms with Crippen molar-refractivity contribution in [3.8, 4) is 0 Å². The van der Waals surface area contributed by atoms with Crippen LogP contribution in [-0.4, -0.2) is 32.0 Å². The van der Waals surface area contributed by atoms with Gasteiger partial charge in [0.1, 0.15) is 12.4 Å². The van der Waals surface area contributed by atoms with E-state index in [0.29, 0.717) is 34.9 Å². The average Bonchev–Trinajstić information content (AvgIpc) is 3.54. The minimum Gasteiger partial charge on any atom is -0.465 e. The van der Waals surface area contributed by atoms with Gasteiger partial charge in [-0.2, -0.15) is 0 Å². The first-order valence-electron chi connectivity index (χ1n) is 11.0. The minimum atomic E-state index is -0.626. The Morgan fingerprint density at radius 2 is 1.77 bits per heavy atom. The van der Waals surface area contributed by atoms with Crippen LogP contribution in [0.2, 0.25) is 5.02 Å². The molecule has 0 bridgehead atoms. The molecular formula is C26H25ClN2O6. The molecule has 1 fully saturated rings. The quantitative estimate of drug-likeness (QED) is 0.423. The molecule has 0 radical (unpaired) electrons. The zero-order valence-electron chi connectivity index (χ0n) is 19.4. The van der Waals surface area contributed by atoms with E-state index in [1.807, 2.05) is 12.1 Å². The van der Waals surface area contributed by atoms with Crippen molar-refractivity contribution in [1.29, 1.82) is 0 Å². The number of ether oxygens (including phenoxy) is 2. The Balaban J connectivity index is 1.50. The summed E-state index contributed by atoms with van der Waals surface area (Å²) in [6, 6.07) is 15.3. The predicted molar refractivity (Wildman–Crippen MR) is 129 cm³/mol. The molecule has 1 aliphatic rings. The van der Waals surface area contributed by atoms with Gasteiger partial charge in [-0.15, -0.1) is 0 Å². The molecule has 8 nitrogen and oxygen atoms in total. The van der Waals surface area contributed by atoms with Gasteiger partial charge in [-0.3, -0.25) is 9.59 Å². The Kier molecular flexibility index (Phi) is 7.23. The second-order valence-corrected chi connectivity index (χ2v) is 8.77. The standard InChI is InChI=1S/C26H25ClN2O6/c1-33-15-21-7-8-22(35-21)23(30)28-14-16-11-17(24(31)34-2)13-20(12-16)29-25(32)26(9-10-26)18-3-5-19(27)6-4-18/h3-8,11-13H,9-10,14-15H2,1-2H3,(H,28,30)(H,29,32).